The van der Waals surface area contributed by atoms with Gasteiger partial charge in [-0.3, -0.25) is 19.1 Å². The first-order valence-corrected chi connectivity index (χ1v) is 10.5. The second-order valence-electron chi connectivity index (χ2n) is 7.69. The van der Waals surface area contributed by atoms with Crippen LogP contribution in [0.5, 0.6) is 11.5 Å². The second kappa shape index (κ2) is 11.2. The first kappa shape index (κ1) is 24.0. The van der Waals surface area contributed by atoms with Crippen LogP contribution in [0.2, 0.25) is 0 Å². The maximum Gasteiger partial charge on any atom is 0.330 e. The van der Waals surface area contributed by atoms with E-state index >= 15 is 0 Å². The number of H-pyrrole nitrogens is 1. The van der Waals surface area contributed by atoms with E-state index in [0.717, 1.165) is 12.8 Å². The monoisotopic (exact) mass is 432 g/mol. The summed E-state index contributed by atoms with van der Waals surface area (Å²) in [6.07, 6.45) is 2.23. The minimum atomic E-state index is -0.684. The van der Waals surface area contributed by atoms with Crippen molar-refractivity contribution in [1.82, 2.24) is 9.55 Å². The number of amides is 1. The van der Waals surface area contributed by atoms with E-state index in [1.54, 1.807) is 31.4 Å². The molecule has 0 saturated carbocycles. The van der Waals surface area contributed by atoms with Crippen LogP contribution in [0.15, 0.2) is 33.9 Å². The van der Waals surface area contributed by atoms with Crippen molar-refractivity contribution in [1.29, 1.82) is 0 Å². The van der Waals surface area contributed by atoms with Crippen molar-refractivity contribution in [2.45, 2.75) is 46.6 Å². The van der Waals surface area contributed by atoms with Gasteiger partial charge in [0.25, 0.3) is 11.5 Å². The lowest BCUT2D eigenvalue weighted by Gasteiger charge is -2.25. The summed E-state index contributed by atoms with van der Waals surface area (Å²) in [5.41, 5.74) is 4.93. The number of nitrogen functional groups attached to an aromatic ring is 1. The van der Waals surface area contributed by atoms with Crippen molar-refractivity contribution in [2.75, 3.05) is 30.9 Å². The highest BCUT2D eigenvalue weighted by Gasteiger charge is 2.24. The quantitative estimate of drug-likeness (QED) is 0.563. The van der Waals surface area contributed by atoms with Gasteiger partial charge in [-0.1, -0.05) is 27.2 Å². The van der Waals surface area contributed by atoms with Crippen LogP contribution >= 0.6 is 0 Å². The fraction of sp³-hybridized carbons (Fsp3) is 0.500. The summed E-state index contributed by atoms with van der Waals surface area (Å²) >= 11 is 0. The number of rotatable bonds is 11. The molecule has 31 heavy (non-hydrogen) atoms. The van der Waals surface area contributed by atoms with Gasteiger partial charge in [0, 0.05) is 13.1 Å². The molecule has 0 aliphatic rings. The van der Waals surface area contributed by atoms with E-state index in [4.69, 9.17) is 15.2 Å². The van der Waals surface area contributed by atoms with Gasteiger partial charge < -0.3 is 20.1 Å². The molecule has 0 radical (unpaired) electrons. The Hall–Kier alpha value is -3.23. The van der Waals surface area contributed by atoms with Gasteiger partial charge in [-0.15, -0.1) is 0 Å². The van der Waals surface area contributed by atoms with Crippen LogP contribution in [0.1, 0.15) is 40.0 Å². The lowest BCUT2D eigenvalue weighted by atomic mass is 10.1. The highest BCUT2D eigenvalue weighted by Crippen LogP contribution is 2.20. The molecule has 1 aromatic carbocycles. The summed E-state index contributed by atoms with van der Waals surface area (Å²) in [5, 5.41) is 0. The number of anilines is 2. The van der Waals surface area contributed by atoms with Gasteiger partial charge in [0.2, 0.25) is 0 Å². The minimum Gasteiger partial charge on any atom is -0.497 e. The molecule has 1 aromatic heterocycles. The minimum absolute atomic E-state index is 0.0104. The lowest BCUT2D eigenvalue weighted by Crippen LogP contribution is -2.43. The highest BCUT2D eigenvalue weighted by atomic mass is 16.5. The molecule has 1 amide bonds. The molecule has 0 saturated heterocycles. The number of nitrogens with one attached hydrogen (secondary N) is 1. The van der Waals surface area contributed by atoms with Crippen LogP contribution in [0, 0.1) is 5.92 Å². The number of ether oxygens (including phenoxy) is 2. The van der Waals surface area contributed by atoms with Crippen LogP contribution in [0.25, 0.3) is 0 Å². The Kier molecular flexibility index (Phi) is 8.72. The molecule has 0 fully saturated rings. The summed E-state index contributed by atoms with van der Waals surface area (Å²) in [4.78, 5) is 41.5. The van der Waals surface area contributed by atoms with Crippen LogP contribution < -0.4 is 31.4 Å². The molecule has 9 heteroatoms. The third kappa shape index (κ3) is 6.37. The Balaban J connectivity index is 2.33. The maximum atomic E-state index is 13.0. The van der Waals surface area contributed by atoms with E-state index < -0.39 is 17.2 Å². The van der Waals surface area contributed by atoms with Gasteiger partial charge in [-0.05, 0) is 43.0 Å². The Morgan fingerprint density at radius 3 is 2.42 bits per heavy atom. The smallest absolute Gasteiger partial charge is 0.330 e. The predicted octanol–water partition coefficient (Wildman–Crippen LogP) is 2.39. The molecule has 0 spiro atoms. The van der Waals surface area contributed by atoms with Crippen molar-refractivity contribution >= 4 is 17.4 Å². The lowest BCUT2D eigenvalue weighted by molar-refractivity contribution is -0.120. The Morgan fingerprint density at radius 1 is 1.19 bits per heavy atom. The van der Waals surface area contributed by atoms with Gasteiger partial charge in [0.1, 0.15) is 17.3 Å². The fourth-order valence-corrected chi connectivity index (χ4v) is 3.02. The van der Waals surface area contributed by atoms with Gasteiger partial charge in [0.15, 0.2) is 12.3 Å². The summed E-state index contributed by atoms with van der Waals surface area (Å²) in [6, 6.07) is 6.83. The zero-order valence-corrected chi connectivity index (χ0v) is 18.6. The molecule has 170 valence electrons. The number of aromatic nitrogens is 2. The van der Waals surface area contributed by atoms with E-state index in [-0.39, 0.29) is 24.7 Å². The number of methoxy groups -OCH3 is 1. The van der Waals surface area contributed by atoms with E-state index in [0.29, 0.717) is 30.4 Å². The van der Waals surface area contributed by atoms with Gasteiger partial charge in [-0.25, -0.2) is 4.79 Å². The Labute approximate surface area is 181 Å². The first-order valence-electron chi connectivity index (χ1n) is 10.5. The van der Waals surface area contributed by atoms with E-state index in [2.05, 4.69) is 4.98 Å². The molecule has 9 nitrogen and oxygen atoms in total. The molecule has 1 heterocycles. The molecule has 0 aliphatic carbocycles. The number of hydrogen-bond acceptors (Lipinski definition) is 6. The molecule has 0 atom stereocenters. The zero-order chi connectivity index (χ0) is 23.0. The Morgan fingerprint density at radius 2 is 1.84 bits per heavy atom. The number of carbonyl (C=O) groups is 1. The zero-order valence-electron chi connectivity index (χ0n) is 18.6. The average molecular weight is 433 g/mol. The van der Waals surface area contributed by atoms with Crippen LogP contribution in [-0.2, 0) is 11.3 Å². The molecule has 2 aromatic rings. The van der Waals surface area contributed by atoms with Gasteiger partial charge in [0.05, 0.1) is 7.11 Å². The molecular weight excluding hydrogens is 400 g/mol. The molecule has 0 unspecified atom stereocenters. The number of nitrogens with zero attached hydrogens (tertiary/aromatic N) is 2. The molecule has 0 bridgehead atoms. The highest BCUT2D eigenvalue weighted by molar-refractivity contribution is 5.96. The largest absolute Gasteiger partial charge is 0.497 e. The SMILES string of the molecule is CCCCn1c(N)c(N(CCC(C)C)C(=O)COc2ccc(OC)cc2)c(=O)[nH]c1=O. The molecule has 0 aliphatic heterocycles. The third-order valence-corrected chi connectivity index (χ3v) is 4.87. The molecule has 3 N–H and O–H groups in total. The van der Waals surface area contributed by atoms with Crippen LogP contribution in [0.4, 0.5) is 11.5 Å². The number of hydrogen-bond donors (Lipinski definition) is 2. The number of nitrogens with two attached hydrogens (primary N) is 1. The van der Waals surface area contributed by atoms with Crippen molar-refractivity contribution in [2.24, 2.45) is 5.92 Å². The first-order chi connectivity index (χ1) is 14.8. The van der Waals surface area contributed by atoms with E-state index in [9.17, 15) is 14.4 Å². The number of benzene rings is 1. The summed E-state index contributed by atoms with van der Waals surface area (Å²) < 4.78 is 12.0. The molecular formula is C22H32N4O5. The maximum absolute atomic E-state index is 13.0. The standard InChI is InChI=1S/C22H32N4O5/c1-5-6-12-26-20(23)19(21(28)24-22(26)29)25(13-11-15(2)3)18(27)14-31-17-9-7-16(30-4)8-10-17/h7-10,15H,5-6,11-14,23H2,1-4H3,(H,24,28,29). The number of aromatic amines is 1. The topological polar surface area (TPSA) is 120 Å². The predicted molar refractivity (Wildman–Crippen MR) is 121 cm³/mol. The van der Waals surface area contributed by atoms with Crippen molar-refractivity contribution in [3.05, 3.63) is 45.1 Å². The third-order valence-electron chi connectivity index (χ3n) is 4.87. The van der Waals surface area contributed by atoms with E-state index in [1.807, 2.05) is 20.8 Å². The normalized spacial score (nSPS) is 10.9. The number of unbranched alkanes of at least 4 members (excludes halogenated alkanes) is 1. The van der Waals surface area contributed by atoms with Gasteiger partial charge >= 0.3 is 5.69 Å². The fourth-order valence-electron chi connectivity index (χ4n) is 3.02. The van der Waals surface area contributed by atoms with Crippen molar-refractivity contribution in [3.63, 3.8) is 0 Å². The van der Waals surface area contributed by atoms with E-state index in [1.165, 1.54) is 9.47 Å². The van der Waals surface area contributed by atoms with Crippen molar-refractivity contribution in [3.8, 4) is 11.5 Å². The molecule has 2 rings (SSSR count). The van der Waals surface area contributed by atoms with Gasteiger partial charge in [-0.2, -0.15) is 0 Å². The second-order valence-corrected chi connectivity index (χ2v) is 7.69. The Bertz CT molecular complexity index is 979. The van der Waals surface area contributed by atoms with Crippen LogP contribution in [-0.4, -0.2) is 35.7 Å². The average Bonchev–Trinajstić information content (AvgIpc) is 2.74. The number of carbonyl (C=O) groups excluding carboxylic acids is 1. The summed E-state index contributed by atoms with van der Waals surface area (Å²) in [5.74, 6) is 1.03. The summed E-state index contributed by atoms with van der Waals surface area (Å²) in [7, 11) is 1.56. The summed E-state index contributed by atoms with van der Waals surface area (Å²) in [6.45, 7) is 6.39. The van der Waals surface area contributed by atoms with Crippen LogP contribution in [0.3, 0.4) is 0 Å². The van der Waals surface area contributed by atoms with Crippen molar-refractivity contribution < 1.29 is 14.3 Å².